The smallest absolute Gasteiger partial charge is 0.226 e. The van der Waals surface area contributed by atoms with Crippen LogP contribution in [0.15, 0.2) is 18.3 Å². The van der Waals surface area contributed by atoms with Gasteiger partial charge in [0.15, 0.2) is 0 Å². The van der Waals surface area contributed by atoms with Gasteiger partial charge in [0, 0.05) is 6.20 Å². The summed E-state index contributed by atoms with van der Waals surface area (Å²) in [7, 11) is 0. The van der Waals surface area contributed by atoms with Crippen molar-refractivity contribution in [2.75, 3.05) is 0 Å². The van der Waals surface area contributed by atoms with Crippen molar-refractivity contribution < 1.29 is 9.53 Å². The summed E-state index contributed by atoms with van der Waals surface area (Å²) in [5, 5.41) is 0. The van der Waals surface area contributed by atoms with Crippen LogP contribution in [0.5, 0.6) is 0 Å². The normalized spacial score (nSPS) is 17.1. The van der Waals surface area contributed by atoms with Crippen molar-refractivity contribution in [2.24, 2.45) is 5.73 Å². The number of carbonyl (C=O) groups is 1. The average Bonchev–Trinajstić information content (AvgIpc) is 3.10. The van der Waals surface area contributed by atoms with E-state index in [2.05, 4.69) is 4.98 Å². The lowest BCUT2D eigenvalue weighted by atomic mass is 10.1. The van der Waals surface area contributed by atoms with E-state index in [9.17, 15) is 4.79 Å². The molecular weight excluding hydrogens is 204 g/mol. The van der Waals surface area contributed by atoms with Gasteiger partial charge >= 0.3 is 0 Å². The van der Waals surface area contributed by atoms with Crippen LogP contribution in [0.2, 0.25) is 0 Å². The molecule has 0 spiro atoms. The fourth-order valence-electron chi connectivity index (χ4n) is 1.37. The van der Waals surface area contributed by atoms with Crippen molar-refractivity contribution in [3.8, 4) is 0 Å². The molecule has 1 atom stereocenters. The minimum atomic E-state index is -0.352. The molecule has 1 saturated carbocycles. The number of carbonyl (C=O) groups excluding carboxylic acids is 1. The third-order valence-electron chi connectivity index (χ3n) is 2.73. The van der Waals surface area contributed by atoms with Crippen molar-refractivity contribution >= 4 is 5.91 Å². The number of nitrogens with zero attached hydrogens (tertiary/aromatic N) is 1. The third-order valence-corrected chi connectivity index (χ3v) is 2.73. The first-order valence-corrected chi connectivity index (χ1v) is 5.52. The van der Waals surface area contributed by atoms with E-state index in [1.54, 1.807) is 13.1 Å². The monoisotopic (exact) mass is 220 g/mol. The Labute approximate surface area is 94.8 Å². The number of aromatic nitrogens is 1. The zero-order chi connectivity index (χ0) is 11.5. The molecule has 0 radical (unpaired) electrons. The van der Waals surface area contributed by atoms with Crippen LogP contribution >= 0.6 is 0 Å². The Morgan fingerprint density at radius 1 is 1.62 bits per heavy atom. The van der Waals surface area contributed by atoms with Gasteiger partial charge in [-0.1, -0.05) is 6.07 Å². The molecule has 2 rings (SSSR count). The molecule has 86 valence electrons. The van der Waals surface area contributed by atoms with Gasteiger partial charge in [0.2, 0.25) is 5.91 Å². The van der Waals surface area contributed by atoms with Crippen LogP contribution in [0.25, 0.3) is 0 Å². The topological polar surface area (TPSA) is 65.2 Å². The molecule has 2 N–H and O–H groups in total. The zero-order valence-electron chi connectivity index (χ0n) is 9.35. The second kappa shape index (κ2) is 4.61. The van der Waals surface area contributed by atoms with Gasteiger partial charge in [-0.25, -0.2) is 0 Å². The first-order chi connectivity index (χ1) is 7.66. The molecule has 4 heteroatoms. The summed E-state index contributed by atoms with van der Waals surface area (Å²) in [6.45, 7) is 2.36. The molecule has 1 fully saturated rings. The van der Waals surface area contributed by atoms with E-state index in [1.165, 1.54) is 12.8 Å². The van der Waals surface area contributed by atoms with E-state index in [1.807, 2.05) is 12.1 Å². The van der Waals surface area contributed by atoms with Gasteiger partial charge < -0.3 is 10.5 Å². The number of ether oxygens (including phenoxy) is 1. The third kappa shape index (κ3) is 2.79. The summed E-state index contributed by atoms with van der Waals surface area (Å²) < 4.78 is 5.56. The van der Waals surface area contributed by atoms with Gasteiger partial charge in [-0.3, -0.25) is 9.78 Å². The van der Waals surface area contributed by atoms with Gasteiger partial charge in [0.05, 0.1) is 24.3 Å². The number of hydrogen-bond donors (Lipinski definition) is 1. The molecule has 4 nitrogen and oxygen atoms in total. The fraction of sp³-hybridized carbons (Fsp3) is 0.500. The number of amides is 1. The van der Waals surface area contributed by atoms with Gasteiger partial charge in [0.1, 0.15) is 0 Å². The SMILES string of the molecule is CC(C(N)=O)c1ccc(COC2CC2)cn1. The average molecular weight is 220 g/mol. The van der Waals surface area contributed by atoms with Crippen LogP contribution in [-0.4, -0.2) is 17.0 Å². The Hall–Kier alpha value is -1.42. The number of rotatable bonds is 5. The van der Waals surface area contributed by atoms with Crippen LogP contribution in [0, 0.1) is 0 Å². The molecule has 0 aliphatic heterocycles. The number of primary amides is 1. The van der Waals surface area contributed by atoms with Crippen molar-refractivity contribution in [1.82, 2.24) is 4.98 Å². The van der Waals surface area contributed by atoms with Crippen LogP contribution < -0.4 is 5.73 Å². The summed E-state index contributed by atoms with van der Waals surface area (Å²) in [5.74, 6) is -0.687. The second-order valence-corrected chi connectivity index (χ2v) is 4.23. The first kappa shape index (κ1) is 11.1. The maximum absolute atomic E-state index is 11.0. The summed E-state index contributed by atoms with van der Waals surface area (Å²) in [5.41, 5.74) is 6.95. The van der Waals surface area contributed by atoms with Crippen LogP contribution in [0.4, 0.5) is 0 Å². The maximum Gasteiger partial charge on any atom is 0.226 e. The second-order valence-electron chi connectivity index (χ2n) is 4.23. The van der Waals surface area contributed by atoms with E-state index < -0.39 is 0 Å². The van der Waals surface area contributed by atoms with E-state index in [4.69, 9.17) is 10.5 Å². The Balaban J connectivity index is 1.94. The molecule has 0 bridgehead atoms. The van der Waals surface area contributed by atoms with Gasteiger partial charge in [-0.05, 0) is 31.4 Å². The van der Waals surface area contributed by atoms with E-state index in [0.717, 1.165) is 5.56 Å². The lowest BCUT2D eigenvalue weighted by Gasteiger charge is -2.07. The number of nitrogens with two attached hydrogens (primary N) is 1. The molecule has 1 heterocycles. The van der Waals surface area contributed by atoms with Crippen LogP contribution in [0.1, 0.15) is 36.9 Å². The summed E-state index contributed by atoms with van der Waals surface area (Å²) in [4.78, 5) is 15.2. The molecule has 1 aromatic heterocycles. The van der Waals surface area contributed by atoms with Gasteiger partial charge in [0.25, 0.3) is 0 Å². The van der Waals surface area contributed by atoms with E-state index in [0.29, 0.717) is 18.4 Å². The summed E-state index contributed by atoms with van der Waals surface area (Å²) in [6, 6.07) is 3.77. The molecule has 1 unspecified atom stereocenters. The molecule has 1 aliphatic carbocycles. The zero-order valence-corrected chi connectivity index (χ0v) is 9.35. The van der Waals surface area contributed by atoms with Crippen molar-refractivity contribution in [3.05, 3.63) is 29.6 Å². The maximum atomic E-state index is 11.0. The molecule has 16 heavy (non-hydrogen) atoms. The fourth-order valence-corrected chi connectivity index (χ4v) is 1.37. The number of pyridine rings is 1. The van der Waals surface area contributed by atoms with Crippen LogP contribution in [0.3, 0.4) is 0 Å². The molecular formula is C12H16N2O2. The highest BCUT2D eigenvalue weighted by Gasteiger charge is 2.21. The van der Waals surface area contributed by atoms with Gasteiger partial charge in [-0.15, -0.1) is 0 Å². The predicted molar refractivity (Wildman–Crippen MR) is 59.7 cm³/mol. The Morgan fingerprint density at radius 2 is 2.38 bits per heavy atom. The Bertz CT molecular complexity index is 371. The number of hydrogen-bond acceptors (Lipinski definition) is 3. The molecule has 1 aromatic rings. The summed E-state index contributed by atoms with van der Waals surface area (Å²) >= 11 is 0. The molecule has 0 aromatic carbocycles. The highest BCUT2D eigenvalue weighted by molar-refractivity contribution is 5.80. The first-order valence-electron chi connectivity index (χ1n) is 5.52. The van der Waals surface area contributed by atoms with Gasteiger partial charge in [-0.2, -0.15) is 0 Å². The molecule has 0 saturated heterocycles. The Morgan fingerprint density at radius 3 is 2.88 bits per heavy atom. The highest BCUT2D eigenvalue weighted by atomic mass is 16.5. The minimum Gasteiger partial charge on any atom is -0.373 e. The van der Waals surface area contributed by atoms with Crippen molar-refractivity contribution in [1.29, 1.82) is 0 Å². The standard InChI is InChI=1S/C12H16N2O2/c1-8(12(13)15)11-5-2-9(6-14-11)7-16-10-3-4-10/h2,5-6,8,10H,3-4,7H2,1H3,(H2,13,15). The lowest BCUT2D eigenvalue weighted by Crippen LogP contribution is -2.19. The van der Waals surface area contributed by atoms with E-state index in [-0.39, 0.29) is 11.8 Å². The van der Waals surface area contributed by atoms with Crippen molar-refractivity contribution in [2.45, 2.75) is 38.4 Å². The highest BCUT2D eigenvalue weighted by Crippen LogP contribution is 2.24. The Kier molecular flexibility index (Phi) is 3.19. The summed E-state index contributed by atoms with van der Waals surface area (Å²) in [6.07, 6.45) is 4.54. The van der Waals surface area contributed by atoms with Crippen molar-refractivity contribution in [3.63, 3.8) is 0 Å². The predicted octanol–water partition coefficient (Wildman–Crippen LogP) is 1.35. The minimum absolute atomic E-state index is 0.335. The quantitative estimate of drug-likeness (QED) is 0.814. The van der Waals surface area contributed by atoms with Crippen LogP contribution in [-0.2, 0) is 16.1 Å². The largest absolute Gasteiger partial charge is 0.373 e. The molecule has 1 amide bonds. The lowest BCUT2D eigenvalue weighted by molar-refractivity contribution is -0.119. The molecule has 1 aliphatic rings. The van der Waals surface area contributed by atoms with E-state index >= 15 is 0 Å².